The van der Waals surface area contributed by atoms with E-state index in [-0.39, 0.29) is 25.7 Å². The fourth-order valence-corrected chi connectivity index (χ4v) is 4.71. The quantitative estimate of drug-likeness (QED) is 0.170. The van der Waals surface area contributed by atoms with E-state index < -0.39 is 18.6 Å². The molecule has 5 heteroatoms. The maximum Gasteiger partial charge on any atom is 0.147 e. The molecule has 0 N–H and O–H groups in total. The van der Waals surface area contributed by atoms with Gasteiger partial charge in [0, 0.05) is 56.3 Å². The zero-order valence-electron chi connectivity index (χ0n) is 28.4. The Balaban J connectivity index is 0.000000217. The number of benzene rings is 3. The molecule has 0 saturated heterocycles. The topological polar surface area (TPSA) is 51.8 Å². The third-order valence-corrected chi connectivity index (χ3v) is 6.46. The van der Waals surface area contributed by atoms with Crippen molar-refractivity contribution in [2.24, 2.45) is 5.41 Å². The Hall–Kier alpha value is -4.18. The van der Waals surface area contributed by atoms with E-state index in [4.69, 9.17) is 11.3 Å². The predicted molar refractivity (Wildman–Crippen MR) is 167 cm³/mol. The molecule has 211 valence electrons. The summed E-state index contributed by atoms with van der Waals surface area (Å²) in [5.74, 6) is 0. The van der Waals surface area contributed by atoms with Crippen LogP contribution in [-0.2, 0) is 26.5 Å². The fraction of sp³-hybridized carbons (Fsp3) is 0.162. The molecule has 0 aliphatic rings. The zero-order chi connectivity index (χ0) is 32.7. The maximum absolute atomic E-state index is 8.62. The molecule has 3 aromatic carbocycles. The number of nitrogens with zero attached hydrogens (tertiary/aromatic N) is 3. The van der Waals surface area contributed by atoms with Gasteiger partial charge in [-0.2, -0.15) is 0 Å². The van der Waals surface area contributed by atoms with E-state index in [2.05, 4.69) is 33.2 Å². The Bertz CT molecular complexity index is 2160. The minimum absolute atomic E-state index is 0. The molecular formula is C37H31IrN3O-2. The Labute approximate surface area is 267 Å². The molecular weight excluding hydrogens is 695 g/mol. The zero-order valence-corrected chi connectivity index (χ0v) is 25.8. The minimum atomic E-state index is -2.09. The number of hydrogen-bond acceptors (Lipinski definition) is 4. The van der Waals surface area contributed by atoms with E-state index in [0.29, 0.717) is 16.8 Å². The van der Waals surface area contributed by atoms with Crippen molar-refractivity contribution in [1.82, 2.24) is 15.0 Å². The molecule has 0 aliphatic heterocycles. The van der Waals surface area contributed by atoms with Crippen LogP contribution in [-0.4, -0.2) is 15.0 Å². The summed E-state index contributed by atoms with van der Waals surface area (Å²) in [6, 6.07) is 32.5. The van der Waals surface area contributed by atoms with Crippen molar-refractivity contribution in [2.45, 2.75) is 34.0 Å². The third-order valence-electron chi connectivity index (χ3n) is 6.46. The predicted octanol–water partition coefficient (Wildman–Crippen LogP) is 9.44. The Morgan fingerprint density at radius 2 is 1.69 bits per heavy atom. The van der Waals surface area contributed by atoms with Gasteiger partial charge in [0.2, 0.25) is 0 Å². The van der Waals surface area contributed by atoms with Crippen LogP contribution in [0.25, 0.3) is 55.4 Å². The number of rotatable bonds is 3. The van der Waals surface area contributed by atoms with Crippen LogP contribution in [0.15, 0.2) is 108 Å². The summed E-state index contributed by atoms with van der Waals surface area (Å²) in [6.45, 7) is 3.61. The van der Waals surface area contributed by atoms with Gasteiger partial charge in [-0.05, 0) is 47.7 Å². The summed E-state index contributed by atoms with van der Waals surface area (Å²) in [5, 5.41) is 2.98. The van der Waals surface area contributed by atoms with Crippen molar-refractivity contribution in [3.8, 4) is 22.5 Å². The summed E-state index contributed by atoms with van der Waals surface area (Å²) in [7, 11) is 0. The second-order valence-electron chi connectivity index (χ2n) is 10.7. The fourth-order valence-electron chi connectivity index (χ4n) is 4.71. The number of aryl methyl sites for hydroxylation is 1. The Morgan fingerprint density at radius 1 is 0.810 bits per heavy atom. The molecule has 4 nitrogen and oxygen atoms in total. The van der Waals surface area contributed by atoms with Gasteiger partial charge in [0.05, 0.1) is 5.58 Å². The van der Waals surface area contributed by atoms with Gasteiger partial charge in [-0.1, -0.05) is 73.7 Å². The Kier molecular flexibility index (Phi) is 6.88. The van der Waals surface area contributed by atoms with Crippen LogP contribution in [0.5, 0.6) is 0 Å². The van der Waals surface area contributed by atoms with Crippen LogP contribution >= 0.6 is 0 Å². The van der Waals surface area contributed by atoms with Crippen molar-refractivity contribution in [3.63, 3.8) is 0 Å². The Morgan fingerprint density at radius 3 is 2.45 bits per heavy atom. The van der Waals surface area contributed by atoms with E-state index in [1.54, 1.807) is 42.7 Å². The normalized spacial score (nSPS) is 13.6. The van der Waals surface area contributed by atoms with Gasteiger partial charge in [-0.15, -0.1) is 54.1 Å². The molecule has 0 fully saturated rings. The van der Waals surface area contributed by atoms with Crippen LogP contribution in [0.1, 0.15) is 38.8 Å². The summed E-state index contributed by atoms with van der Waals surface area (Å²) in [5.41, 5.74) is 5.50. The van der Waals surface area contributed by atoms with E-state index in [0.717, 1.165) is 44.1 Å². The van der Waals surface area contributed by atoms with E-state index in [1.165, 1.54) is 6.20 Å². The van der Waals surface area contributed by atoms with Gasteiger partial charge >= 0.3 is 0 Å². The van der Waals surface area contributed by atoms with E-state index in [1.807, 2.05) is 69.3 Å². The van der Waals surface area contributed by atoms with Crippen molar-refractivity contribution in [2.75, 3.05) is 0 Å². The van der Waals surface area contributed by atoms with Crippen molar-refractivity contribution < 1.29 is 31.4 Å². The van der Waals surface area contributed by atoms with Crippen LogP contribution in [0.2, 0.25) is 0 Å². The van der Waals surface area contributed by atoms with Crippen molar-refractivity contribution >= 4 is 32.8 Å². The van der Waals surface area contributed by atoms with Crippen LogP contribution in [0.4, 0.5) is 0 Å². The minimum Gasteiger partial charge on any atom is -0.498 e. The van der Waals surface area contributed by atoms with Gasteiger partial charge in [0.25, 0.3) is 0 Å². The first-order chi connectivity index (χ1) is 21.8. The van der Waals surface area contributed by atoms with Crippen LogP contribution in [0, 0.1) is 24.4 Å². The number of aromatic nitrogens is 3. The first-order valence-electron chi connectivity index (χ1n) is 15.9. The largest absolute Gasteiger partial charge is 0.498 e. The third kappa shape index (κ3) is 6.33. The van der Waals surface area contributed by atoms with E-state index in [9.17, 15) is 0 Å². The van der Waals surface area contributed by atoms with Crippen LogP contribution in [0.3, 0.4) is 0 Å². The molecule has 0 aliphatic carbocycles. The number of hydrogen-bond donors (Lipinski definition) is 0. The van der Waals surface area contributed by atoms with Crippen molar-refractivity contribution in [3.05, 3.63) is 127 Å². The van der Waals surface area contributed by atoms with Gasteiger partial charge < -0.3 is 14.4 Å². The number of fused-ring (bicyclic) bond motifs is 5. The number of furan rings is 1. The molecule has 4 heterocycles. The molecule has 0 saturated carbocycles. The molecule has 42 heavy (non-hydrogen) atoms. The summed E-state index contributed by atoms with van der Waals surface area (Å²) >= 11 is 0. The molecule has 7 rings (SSSR count). The summed E-state index contributed by atoms with van der Waals surface area (Å²) in [6.07, 6.45) is 3.30. The SMILES string of the molecule is [2H]C([2H])([2H])c1ccc(-c2[c-]cccc2)nc1.[2H]C([2H])(c1ccnc(-c2[c-]ccc3c2oc2c3ccc3cccnc32)c1)C(C)(C)C.[Ir]. The molecule has 0 unspecified atom stereocenters. The standard InChI is InChI=1S/C25H21N2O.C12H10N.Ir/c1-25(2,3)15-16-11-13-26-21(14-16)20-8-4-7-18-19-10-9-17-6-5-12-27-22(17)24(19)28-23(18)20;1-10-7-8-12(13-9-10)11-5-3-2-4-6-11;/h4-7,9-14H,15H2,1-3H3;2-5,7-9H,1H3;/q2*-1;/i15D2;1D3;. The van der Waals surface area contributed by atoms with Gasteiger partial charge in [-0.25, -0.2) is 0 Å². The molecule has 7 aromatic rings. The molecule has 0 spiro atoms. The van der Waals surface area contributed by atoms with Gasteiger partial charge in [0.15, 0.2) is 0 Å². The smallest absolute Gasteiger partial charge is 0.147 e. The summed E-state index contributed by atoms with van der Waals surface area (Å²) in [4.78, 5) is 13.1. The summed E-state index contributed by atoms with van der Waals surface area (Å²) < 4.78 is 45.2. The second-order valence-corrected chi connectivity index (χ2v) is 10.7. The van der Waals surface area contributed by atoms with Crippen molar-refractivity contribution in [1.29, 1.82) is 0 Å². The average Bonchev–Trinajstić information content (AvgIpc) is 3.44. The van der Waals surface area contributed by atoms with Gasteiger partial charge in [0.1, 0.15) is 11.1 Å². The first kappa shape index (κ1) is 23.4. The second kappa shape index (κ2) is 12.4. The monoisotopic (exact) mass is 731 g/mol. The maximum atomic E-state index is 8.62. The molecule has 4 aromatic heterocycles. The molecule has 0 bridgehead atoms. The average molecular weight is 731 g/mol. The first-order valence-corrected chi connectivity index (χ1v) is 13.4. The van der Waals surface area contributed by atoms with E-state index >= 15 is 0 Å². The molecule has 0 atom stereocenters. The number of pyridine rings is 3. The molecule has 1 radical (unpaired) electrons. The van der Waals surface area contributed by atoms with Crippen LogP contribution < -0.4 is 0 Å². The van der Waals surface area contributed by atoms with Gasteiger partial charge in [-0.3, -0.25) is 4.98 Å². The molecule has 0 amide bonds.